The summed E-state index contributed by atoms with van der Waals surface area (Å²) in [6, 6.07) is 2.92. The Kier molecular flexibility index (Phi) is 2.80. The Bertz CT molecular complexity index is 843. The van der Waals surface area contributed by atoms with Crippen molar-refractivity contribution in [3.05, 3.63) is 35.0 Å². The lowest BCUT2D eigenvalue weighted by atomic mass is 10.0. The first-order valence-electron chi connectivity index (χ1n) is 6.51. The number of benzene rings is 1. The molecule has 0 radical (unpaired) electrons. The fourth-order valence-corrected chi connectivity index (χ4v) is 3.17. The average Bonchev–Trinajstić information content (AvgIpc) is 3.17. The van der Waals surface area contributed by atoms with Crippen molar-refractivity contribution in [2.24, 2.45) is 0 Å². The van der Waals surface area contributed by atoms with Crippen LogP contribution in [0, 0.1) is 0 Å². The lowest BCUT2D eigenvalue weighted by Crippen LogP contribution is -2.37. The maximum Gasteiger partial charge on any atom is 0.259 e. The number of hydrogen-bond donors (Lipinski definition) is 3. The number of carbonyl (C=O) groups is 2. The second-order valence-corrected chi connectivity index (χ2v) is 6.00. The van der Waals surface area contributed by atoms with E-state index in [2.05, 4.69) is 10.3 Å². The van der Waals surface area contributed by atoms with Crippen molar-refractivity contribution in [3.8, 4) is 5.75 Å². The lowest BCUT2D eigenvalue weighted by molar-refractivity contribution is -0.116. The van der Waals surface area contributed by atoms with Crippen LogP contribution < -0.4 is 5.32 Å². The second-order valence-electron chi connectivity index (χ2n) is 5.11. The van der Waals surface area contributed by atoms with Gasteiger partial charge in [0.05, 0.1) is 27.0 Å². The van der Waals surface area contributed by atoms with Gasteiger partial charge in [0.25, 0.3) is 5.91 Å². The summed E-state index contributed by atoms with van der Waals surface area (Å²) < 4.78 is 5.79. The molecule has 1 aliphatic carbocycles. The Balaban J connectivity index is 1.63. The Morgan fingerprint density at radius 2 is 2.23 bits per heavy atom. The zero-order chi connectivity index (χ0) is 15.4. The third-order valence-corrected chi connectivity index (χ3v) is 4.48. The summed E-state index contributed by atoms with van der Waals surface area (Å²) in [6.07, 6.45) is -1.09. The molecular formula is C14H10N2O5S. The number of hydrogen-bond acceptors (Lipinski definition) is 7. The summed E-state index contributed by atoms with van der Waals surface area (Å²) in [5.74, 6) is -1.10. The minimum atomic E-state index is -1.06. The Labute approximate surface area is 127 Å². The maximum atomic E-state index is 12.3. The quantitative estimate of drug-likeness (QED) is 0.688. The predicted molar refractivity (Wildman–Crippen MR) is 76.5 cm³/mol. The van der Waals surface area contributed by atoms with E-state index in [0.29, 0.717) is 5.52 Å². The molecule has 8 heteroatoms. The monoisotopic (exact) mass is 318 g/mol. The SMILES string of the molecule is O=C(NC1=CC(=O)C2OC2C1O)c1cc2ncsc2cc1O. The van der Waals surface area contributed by atoms with Crippen molar-refractivity contribution in [2.45, 2.75) is 18.3 Å². The molecule has 1 fully saturated rings. The van der Waals surface area contributed by atoms with Crippen LogP contribution in [0.5, 0.6) is 5.75 Å². The number of amides is 1. The van der Waals surface area contributed by atoms with Gasteiger partial charge in [0.2, 0.25) is 0 Å². The van der Waals surface area contributed by atoms with Crippen LogP contribution in [0.2, 0.25) is 0 Å². The summed E-state index contributed by atoms with van der Waals surface area (Å²) in [5.41, 5.74) is 2.31. The van der Waals surface area contributed by atoms with Crippen molar-refractivity contribution in [3.63, 3.8) is 0 Å². The van der Waals surface area contributed by atoms with Gasteiger partial charge in [0.15, 0.2) is 5.78 Å². The van der Waals surface area contributed by atoms with E-state index < -0.39 is 24.2 Å². The highest BCUT2D eigenvalue weighted by Gasteiger charge is 2.53. The number of epoxide rings is 1. The number of aromatic nitrogens is 1. The number of aliphatic hydroxyl groups is 1. The van der Waals surface area contributed by atoms with Gasteiger partial charge in [-0.05, 0) is 6.07 Å². The van der Waals surface area contributed by atoms with E-state index >= 15 is 0 Å². The van der Waals surface area contributed by atoms with Crippen LogP contribution in [0.3, 0.4) is 0 Å². The lowest BCUT2D eigenvalue weighted by Gasteiger charge is -2.17. The van der Waals surface area contributed by atoms with E-state index in [0.717, 1.165) is 10.8 Å². The molecule has 0 bridgehead atoms. The maximum absolute atomic E-state index is 12.3. The molecule has 2 aliphatic rings. The van der Waals surface area contributed by atoms with Gasteiger partial charge >= 0.3 is 0 Å². The molecule has 1 amide bonds. The fraction of sp³-hybridized carbons (Fsp3) is 0.214. The molecule has 3 unspecified atom stereocenters. The molecule has 0 saturated carbocycles. The highest BCUT2D eigenvalue weighted by molar-refractivity contribution is 7.16. The van der Waals surface area contributed by atoms with Gasteiger partial charge in [-0.25, -0.2) is 4.98 Å². The number of rotatable bonds is 2. The summed E-state index contributed by atoms with van der Waals surface area (Å²) in [5, 5.41) is 22.4. The number of nitrogens with zero attached hydrogens (tertiary/aromatic N) is 1. The Morgan fingerprint density at radius 1 is 1.41 bits per heavy atom. The predicted octanol–water partition coefficient (Wildman–Crippen LogP) is 0.327. The van der Waals surface area contributed by atoms with Crippen LogP contribution >= 0.6 is 11.3 Å². The van der Waals surface area contributed by atoms with E-state index in [1.54, 1.807) is 5.51 Å². The van der Waals surface area contributed by atoms with Gasteiger partial charge in [-0.3, -0.25) is 9.59 Å². The van der Waals surface area contributed by atoms with Gasteiger partial charge in [0, 0.05) is 12.1 Å². The van der Waals surface area contributed by atoms with Gasteiger partial charge in [-0.15, -0.1) is 11.3 Å². The van der Waals surface area contributed by atoms with Crippen LogP contribution in [0.25, 0.3) is 10.2 Å². The fourth-order valence-electron chi connectivity index (χ4n) is 2.47. The molecule has 4 rings (SSSR count). The number of aromatic hydroxyl groups is 1. The molecule has 0 spiro atoms. The van der Waals surface area contributed by atoms with E-state index in [1.165, 1.54) is 23.5 Å². The van der Waals surface area contributed by atoms with Crippen molar-refractivity contribution in [2.75, 3.05) is 0 Å². The minimum absolute atomic E-state index is 0.0257. The second kappa shape index (κ2) is 4.60. The number of carbonyl (C=O) groups excluding carboxylic acids is 2. The van der Waals surface area contributed by atoms with E-state index in [9.17, 15) is 19.8 Å². The highest BCUT2D eigenvalue weighted by Crippen LogP contribution is 2.34. The van der Waals surface area contributed by atoms with E-state index in [-0.39, 0.29) is 22.8 Å². The third kappa shape index (κ3) is 2.00. The first kappa shape index (κ1) is 13.4. The zero-order valence-corrected chi connectivity index (χ0v) is 11.8. The number of nitrogens with one attached hydrogen (secondary N) is 1. The molecular weight excluding hydrogens is 308 g/mol. The molecule has 112 valence electrons. The number of aliphatic hydroxyl groups excluding tert-OH is 1. The molecule has 1 aromatic carbocycles. The first-order valence-corrected chi connectivity index (χ1v) is 7.39. The molecule has 2 aromatic rings. The molecule has 1 aromatic heterocycles. The molecule has 2 heterocycles. The normalized spacial score (nSPS) is 26.5. The molecule has 1 saturated heterocycles. The largest absolute Gasteiger partial charge is 0.507 e. The van der Waals surface area contributed by atoms with Crippen molar-refractivity contribution < 1.29 is 24.5 Å². The van der Waals surface area contributed by atoms with Crippen molar-refractivity contribution in [1.29, 1.82) is 0 Å². The van der Waals surface area contributed by atoms with Crippen LogP contribution in [0.15, 0.2) is 29.4 Å². The van der Waals surface area contributed by atoms with Crippen molar-refractivity contribution >= 4 is 33.2 Å². The summed E-state index contributed by atoms with van der Waals surface area (Å²) in [4.78, 5) is 28.0. The van der Waals surface area contributed by atoms with Gasteiger partial charge in [0.1, 0.15) is 24.1 Å². The molecule has 22 heavy (non-hydrogen) atoms. The smallest absolute Gasteiger partial charge is 0.259 e. The number of ether oxygens (including phenoxy) is 1. The summed E-state index contributed by atoms with van der Waals surface area (Å²) in [7, 11) is 0. The summed E-state index contributed by atoms with van der Waals surface area (Å²) in [6.45, 7) is 0. The van der Waals surface area contributed by atoms with Crippen LogP contribution in [-0.2, 0) is 9.53 Å². The van der Waals surface area contributed by atoms with Crippen molar-refractivity contribution in [1.82, 2.24) is 10.3 Å². The Morgan fingerprint density at radius 3 is 3.05 bits per heavy atom. The number of fused-ring (bicyclic) bond motifs is 2. The van der Waals surface area contributed by atoms with Gasteiger partial charge in [-0.2, -0.15) is 0 Å². The first-order chi connectivity index (χ1) is 10.5. The molecule has 3 N–H and O–H groups in total. The van der Waals surface area contributed by atoms with E-state index in [4.69, 9.17) is 4.74 Å². The number of phenolic OH excluding ortho intramolecular Hbond substituents is 1. The molecule has 3 atom stereocenters. The average molecular weight is 318 g/mol. The van der Waals surface area contributed by atoms with E-state index in [1.807, 2.05) is 0 Å². The van der Waals surface area contributed by atoms with Gasteiger partial charge in [-0.1, -0.05) is 0 Å². The molecule has 7 nitrogen and oxygen atoms in total. The number of thiazole rings is 1. The van der Waals surface area contributed by atoms with Crippen LogP contribution in [-0.4, -0.2) is 45.2 Å². The Hall–Kier alpha value is -2.29. The molecule has 1 aliphatic heterocycles. The highest BCUT2D eigenvalue weighted by atomic mass is 32.1. The van der Waals surface area contributed by atoms with Crippen LogP contribution in [0.1, 0.15) is 10.4 Å². The topological polar surface area (TPSA) is 112 Å². The van der Waals surface area contributed by atoms with Gasteiger partial charge < -0.3 is 20.3 Å². The van der Waals surface area contributed by atoms with Crippen LogP contribution in [0.4, 0.5) is 0 Å². The summed E-state index contributed by atoms with van der Waals surface area (Å²) >= 11 is 1.35. The third-order valence-electron chi connectivity index (χ3n) is 3.68. The number of ketones is 1. The minimum Gasteiger partial charge on any atom is -0.507 e. The zero-order valence-electron chi connectivity index (χ0n) is 11.0. The number of phenols is 1. The standard InChI is InChI=1S/C14H10N2O5S/c17-8-3-10-6(15-4-22-10)1-5(8)14(20)16-7-2-9(18)12-13(21-12)11(7)19/h1-4,11-13,17,19H,(H,16,20).